The summed E-state index contributed by atoms with van der Waals surface area (Å²) in [7, 11) is -3.30. The van der Waals surface area contributed by atoms with Gasteiger partial charge in [-0.05, 0) is 44.1 Å². The summed E-state index contributed by atoms with van der Waals surface area (Å²) in [6.07, 6.45) is 0.569. The molecule has 0 bridgehead atoms. The average molecular weight is 288 g/mol. The van der Waals surface area contributed by atoms with Crippen molar-refractivity contribution in [3.05, 3.63) is 35.6 Å². The van der Waals surface area contributed by atoms with Gasteiger partial charge in [0.1, 0.15) is 5.82 Å². The van der Waals surface area contributed by atoms with Crippen LogP contribution in [0.2, 0.25) is 0 Å². The number of hydrogen-bond donors (Lipinski definition) is 2. The van der Waals surface area contributed by atoms with Crippen LogP contribution in [-0.4, -0.2) is 27.3 Å². The Kier molecular flexibility index (Phi) is 6.41. The first-order chi connectivity index (χ1) is 8.94. The van der Waals surface area contributed by atoms with E-state index in [1.807, 2.05) is 6.92 Å². The van der Waals surface area contributed by atoms with Gasteiger partial charge < -0.3 is 5.32 Å². The molecule has 0 amide bonds. The lowest BCUT2D eigenvalue weighted by Gasteiger charge is -2.14. The van der Waals surface area contributed by atoms with Crippen molar-refractivity contribution in [2.75, 3.05) is 18.8 Å². The van der Waals surface area contributed by atoms with Crippen LogP contribution in [0, 0.1) is 5.82 Å². The summed E-state index contributed by atoms with van der Waals surface area (Å²) >= 11 is 0. The van der Waals surface area contributed by atoms with Gasteiger partial charge in [0.05, 0.1) is 5.75 Å². The molecule has 1 aromatic rings. The number of rotatable bonds is 8. The van der Waals surface area contributed by atoms with E-state index in [0.717, 1.165) is 12.1 Å². The highest BCUT2D eigenvalue weighted by atomic mass is 32.2. The zero-order valence-electron chi connectivity index (χ0n) is 11.3. The maximum Gasteiger partial charge on any atom is 0.212 e. The summed E-state index contributed by atoms with van der Waals surface area (Å²) in [5.74, 6) is -0.240. The first-order valence-electron chi connectivity index (χ1n) is 6.41. The van der Waals surface area contributed by atoms with Crippen molar-refractivity contribution in [2.45, 2.75) is 26.3 Å². The molecule has 2 N–H and O–H groups in total. The molecular formula is C13H21FN2O2S. The Labute approximate surface area is 114 Å². The van der Waals surface area contributed by atoms with Crippen LogP contribution in [0.4, 0.5) is 4.39 Å². The monoisotopic (exact) mass is 288 g/mol. The van der Waals surface area contributed by atoms with Crippen LogP contribution in [-0.2, 0) is 10.0 Å². The molecule has 0 radical (unpaired) electrons. The topological polar surface area (TPSA) is 58.2 Å². The van der Waals surface area contributed by atoms with E-state index >= 15 is 0 Å². The second kappa shape index (κ2) is 7.57. The molecule has 6 heteroatoms. The zero-order chi connectivity index (χ0) is 14.3. The molecule has 0 saturated carbocycles. The predicted octanol–water partition coefficient (Wildman–Crippen LogP) is 1.81. The summed E-state index contributed by atoms with van der Waals surface area (Å²) in [5.41, 5.74) is 0.747. The fraction of sp³-hybridized carbons (Fsp3) is 0.538. The molecule has 0 spiro atoms. The Hall–Kier alpha value is -0.980. The lowest BCUT2D eigenvalue weighted by Crippen LogP contribution is -2.30. The lowest BCUT2D eigenvalue weighted by atomic mass is 10.1. The Morgan fingerprint density at radius 3 is 2.47 bits per heavy atom. The van der Waals surface area contributed by atoms with E-state index in [1.54, 1.807) is 19.1 Å². The third-order valence-electron chi connectivity index (χ3n) is 2.74. The van der Waals surface area contributed by atoms with Crippen molar-refractivity contribution in [2.24, 2.45) is 0 Å². The molecule has 19 heavy (non-hydrogen) atoms. The molecule has 4 nitrogen and oxygen atoms in total. The summed E-state index contributed by atoms with van der Waals surface area (Å²) in [6, 6.07) is 5.46. The molecule has 0 fully saturated rings. The van der Waals surface area contributed by atoms with Crippen LogP contribution < -0.4 is 10.0 Å². The Bertz CT molecular complexity index is 474. The predicted molar refractivity (Wildman–Crippen MR) is 74.9 cm³/mol. The van der Waals surface area contributed by atoms with E-state index in [0.29, 0.717) is 13.0 Å². The molecule has 0 aliphatic rings. The van der Waals surface area contributed by atoms with Crippen LogP contribution in [0.15, 0.2) is 24.3 Å². The maximum atomic E-state index is 12.8. The highest BCUT2D eigenvalue weighted by molar-refractivity contribution is 7.89. The van der Waals surface area contributed by atoms with Crippen LogP contribution in [0.1, 0.15) is 31.9 Å². The summed E-state index contributed by atoms with van der Waals surface area (Å²) in [5, 5.41) is 3.08. The first-order valence-corrected chi connectivity index (χ1v) is 8.06. The Balaban J connectivity index is 2.50. The second-order valence-corrected chi connectivity index (χ2v) is 6.29. The van der Waals surface area contributed by atoms with Gasteiger partial charge in [0, 0.05) is 6.04 Å². The van der Waals surface area contributed by atoms with Crippen molar-refractivity contribution in [1.29, 1.82) is 0 Å². The van der Waals surface area contributed by atoms with Gasteiger partial charge in [0.25, 0.3) is 0 Å². The fourth-order valence-electron chi connectivity index (χ4n) is 1.71. The third-order valence-corrected chi connectivity index (χ3v) is 4.28. The van der Waals surface area contributed by atoms with Gasteiger partial charge in [-0.1, -0.05) is 19.1 Å². The zero-order valence-corrected chi connectivity index (χ0v) is 12.1. The number of benzene rings is 1. The minimum absolute atomic E-state index is 0.0888. The summed E-state index contributed by atoms with van der Waals surface area (Å²) in [4.78, 5) is 0. The molecule has 1 aromatic carbocycles. The SMILES string of the molecule is CCNCCCS(=O)(=O)NC(C)c1ccc(F)cc1. The molecule has 0 heterocycles. The van der Waals surface area contributed by atoms with E-state index in [1.165, 1.54) is 12.1 Å². The minimum Gasteiger partial charge on any atom is -0.317 e. The molecule has 0 aliphatic carbocycles. The van der Waals surface area contributed by atoms with Crippen LogP contribution in [0.25, 0.3) is 0 Å². The molecule has 0 saturated heterocycles. The fourth-order valence-corrected chi connectivity index (χ4v) is 3.03. The molecule has 1 atom stereocenters. The standard InChI is InChI=1S/C13H21FN2O2S/c1-3-15-9-4-10-19(17,18)16-11(2)12-5-7-13(14)8-6-12/h5-8,11,15-16H,3-4,9-10H2,1-2H3. The van der Waals surface area contributed by atoms with Gasteiger partial charge in [-0.3, -0.25) is 0 Å². The van der Waals surface area contributed by atoms with E-state index in [-0.39, 0.29) is 17.6 Å². The molecular weight excluding hydrogens is 267 g/mol. The first kappa shape index (κ1) is 16.1. The van der Waals surface area contributed by atoms with Crippen molar-refractivity contribution in [3.63, 3.8) is 0 Å². The quantitative estimate of drug-likeness (QED) is 0.717. The van der Waals surface area contributed by atoms with E-state index in [9.17, 15) is 12.8 Å². The lowest BCUT2D eigenvalue weighted by molar-refractivity contribution is 0.561. The summed E-state index contributed by atoms with van der Waals surface area (Å²) in [6.45, 7) is 5.24. The third kappa shape index (κ3) is 6.13. The van der Waals surface area contributed by atoms with Crippen LogP contribution >= 0.6 is 0 Å². The van der Waals surface area contributed by atoms with Gasteiger partial charge in [-0.25, -0.2) is 17.5 Å². The number of nitrogens with one attached hydrogen (secondary N) is 2. The highest BCUT2D eigenvalue weighted by Gasteiger charge is 2.15. The molecule has 108 valence electrons. The largest absolute Gasteiger partial charge is 0.317 e. The number of hydrogen-bond acceptors (Lipinski definition) is 3. The minimum atomic E-state index is -3.30. The average Bonchev–Trinajstić information content (AvgIpc) is 2.35. The molecule has 0 aromatic heterocycles. The van der Waals surface area contributed by atoms with Gasteiger partial charge in [-0.2, -0.15) is 0 Å². The van der Waals surface area contributed by atoms with Crippen LogP contribution in [0.5, 0.6) is 0 Å². The van der Waals surface area contributed by atoms with Gasteiger partial charge in [-0.15, -0.1) is 0 Å². The Morgan fingerprint density at radius 2 is 1.89 bits per heavy atom. The smallest absolute Gasteiger partial charge is 0.212 e. The number of sulfonamides is 1. The van der Waals surface area contributed by atoms with E-state index in [2.05, 4.69) is 10.0 Å². The number of halogens is 1. The van der Waals surface area contributed by atoms with Crippen molar-refractivity contribution in [3.8, 4) is 0 Å². The second-order valence-electron chi connectivity index (χ2n) is 4.42. The van der Waals surface area contributed by atoms with Gasteiger partial charge >= 0.3 is 0 Å². The molecule has 1 rings (SSSR count). The van der Waals surface area contributed by atoms with Crippen LogP contribution in [0.3, 0.4) is 0 Å². The van der Waals surface area contributed by atoms with Crippen molar-refractivity contribution >= 4 is 10.0 Å². The van der Waals surface area contributed by atoms with Crippen molar-refractivity contribution in [1.82, 2.24) is 10.0 Å². The normalized spacial score (nSPS) is 13.4. The van der Waals surface area contributed by atoms with E-state index in [4.69, 9.17) is 0 Å². The summed E-state index contributed by atoms with van der Waals surface area (Å²) < 4.78 is 39.0. The highest BCUT2D eigenvalue weighted by Crippen LogP contribution is 2.14. The maximum absolute atomic E-state index is 12.8. The molecule has 1 unspecified atom stereocenters. The van der Waals surface area contributed by atoms with Gasteiger partial charge in [0.2, 0.25) is 10.0 Å². The van der Waals surface area contributed by atoms with E-state index < -0.39 is 10.0 Å². The van der Waals surface area contributed by atoms with Gasteiger partial charge in [0.15, 0.2) is 0 Å². The Morgan fingerprint density at radius 1 is 1.26 bits per heavy atom. The van der Waals surface area contributed by atoms with Crippen molar-refractivity contribution < 1.29 is 12.8 Å². The molecule has 0 aliphatic heterocycles.